The lowest BCUT2D eigenvalue weighted by Crippen LogP contribution is -2.23. The molecule has 4 heteroatoms. The van der Waals surface area contributed by atoms with Gasteiger partial charge in [-0.1, -0.05) is 12.1 Å². The monoisotopic (exact) mass is 237 g/mol. The molecule has 0 radical (unpaired) electrons. The summed E-state index contributed by atoms with van der Waals surface area (Å²) >= 11 is 0. The van der Waals surface area contributed by atoms with Crippen LogP contribution < -0.4 is 10.1 Å². The predicted octanol–water partition coefficient (Wildman–Crippen LogP) is 2.56. The molecular formula is C13H19NO3. The van der Waals surface area contributed by atoms with Crippen molar-refractivity contribution in [2.45, 2.75) is 27.3 Å². The number of hydrogen-bond acceptors (Lipinski definition) is 3. The van der Waals surface area contributed by atoms with Crippen LogP contribution in [-0.2, 0) is 11.3 Å². The first-order chi connectivity index (χ1) is 8.08. The third kappa shape index (κ3) is 3.66. The van der Waals surface area contributed by atoms with Crippen molar-refractivity contribution in [1.82, 2.24) is 5.32 Å². The van der Waals surface area contributed by atoms with Crippen LogP contribution in [0.1, 0.15) is 23.6 Å². The number of amides is 1. The Morgan fingerprint density at radius 2 is 1.88 bits per heavy atom. The number of carbonyl (C=O) groups is 1. The average Bonchev–Trinajstić information content (AvgIpc) is 2.26. The summed E-state index contributed by atoms with van der Waals surface area (Å²) in [4.78, 5) is 11.2. The van der Waals surface area contributed by atoms with Crippen LogP contribution in [0.4, 0.5) is 4.79 Å². The van der Waals surface area contributed by atoms with E-state index < -0.39 is 6.09 Å². The van der Waals surface area contributed by atoms with Gasteiger partial charge in [-0.15, -0.1) is 0 Å². The first-order valence-electron chi connectivity index (χ1n) is 5.63. The van der Waals surface area contributed by atoms with E-state index in [4.69, 9.17) is 9.47 Å². The van der Waals surface area contributed by atoms with Gasteiger partial charge in [0.15, 0.2) is 0 Å². The lowest BCUT2D eigenvalue weighted by molar-refractivity contribution is 0.151. The Morgan fingerprint density at radius 1 is 1.29 bits per heavy atom. The number of ether oxygens (including phenoxy) is 2. The van der Waals surface area contributed by atoms with Crippen LogP contribution in [0.3, 0.4) is 0 Å². The van der Waals surface area contributed by atoms with Gasteiger partial charge in [0, 0.05) is 6.54 Å². The van der Waals surface area contributed by atoms with Crippen LogP contribution in [0.25, 0.3) is 0 Å². The maximum absolute atomic E-state index is 11.2. The van der Waals surface area contributed by atoms with E-state index in [1.165, 1.54) is 0 Å². The van der Waals surface area contributed by atoms with Crippen molar-refractivity contribution in [3.05, 3.63) is 28.8 Å². The number of methoxy groups -OCH3 is 1. The van der Waals surface area contributed by atoms with Crippen LogP contribution >= 0.6 is 0 Å². The first kappa shape index (κ1) is 13.4. The maximum Gasteiger partial charge on any atom is 0.407 e. The van der Waals surface area contributed by atoms with Crippen LogP contribution in [-0.4, -0.2) is 19.8 Å². The number of carbonyl (C=O) groups excluding carboxylic acids is 1. The van der Waals surface area contributed by atoms with Crippen molar-refractivity contribution >= 4 is 6.09 Å². The van der Waals surface area contributed by atoms with E-state index in [1.807, 2.05) is 26.0 Å². The van der Waals surface area contributed by atoms with Gasteiger partial charge < -0.3 is 14.8 Å². The molecule has 0 bridgehead atoms. The second-order valence-corrected chi connectivity index (χ2v) is 3.84. The molecule has 0 unspecified atom stereocenters. The minimum absolute atomic E-state index is 0.381. The normalized spacial score (nSPS) is 9.88. The molecule has 0 aromatic heterocycles. The van der Waals surface area contributed by atoms with E-state index in [9.17, 15) is 4.79 Å². The summed E-state index contributed by atoms with van der Waals surface area (Å²) in [6.45, 7) is 6.59. The molecule has 1 N–H and O–H groups in total. The third-order valence-electron chi connectivity index (χ3n) is 2.44. The minimum atomic E-state index is -0.390. The smallest absolute Gasteiger partial charge is 0.407 e. The summed E-state index contributed by atoms with van der Waals surface area (Å²) in [6.07, 6.45) is -0.390. The molecule has 0 aliphatic carbocycles. The fourth-order valence-electron chi connectivity index (χ4n) is 1.82. The molecule has 1 amide bonds. The molecular weight excluding hydrogens is 218 g/mol. The quantitative estimate of drug-likeness (QED) is 0.875. The highest BCUT2D eigenvalue weighted by molar-refractivity contribution is 5.67. The average molecular weight is 237 g/mol. The maximum atomic E-state index is 11.2. The summed E-state index contributed by atoms with van der Waals surface area (Å²) in [7, 11) is 1.66. The van der Waals surface area contributed by atoms with Crippen LogP contribution in [0.15, 0.2) is 12.1 Å². The number of nitrogens with one attached hydrogen (secondary N) is 1. The molecule has 94 valence electrons. The SMILES string of the molecule is CCOC(=O)NCc1cc(C)c(OC)c(C)c1. The van der Waals surface area contributed by atoms with Gasteiger partial charge in [-0.3, -0.25) is 0 Å². The lowest BCUT2D eigenvalue weighted by Gasteiger charge is -2.11. The van der Waals surface area contributed by atoms with Crippen molar-refractivity contribution in [2.75, 3.05) is 13.7 Å². The number of hydrogen-bond donors (Lipinski definition) is 1. The second-order valence-electron chi connectivity index (χ2n) is 3.84. The van der Waals surface area contributed by atoms with E-state index in [1.54, 1.807) is 14.0 Å². The highest BCUT2D eigenvalue weighted by Crippen LogP contribution is 2.24. The van der Waals surface area contributed by atoms with E-state index in [-0.39, 0.29) is 0 Å². The molecule has 4 nitrogen and oxygen atoms in total. The molecule has 0 heterocycles. The van der Waals surface area contributed by atoms with E-state index in [2.05, 4.69) is 5.32 Å². The molecule has 0 saturated carbocycles. The summed E-state index contributed by atoms with van der Waals surface area (Å²) < 4.78 is 10.1. The summed E-state index contributed by atoms with van der Waals surface area (Å²) in [5.74, 6) is 0.893. The lowest BCUT2D eigenvalue weighted by atomic mass is 10.1. The van der Waals surface area contributed by atoms with E-state index in [0.717, 1.165) is 22.4 Å². The van der Waals surface area contributed by atoms with Gasteiger partial charge in [-0.25, -0.2) is 4.79 Å². The standard InChI is InChI=1S/C13H19NO3/c1-5-17-13(15)14-8-11-6-9(2)12(16-4)10(3)7-11/h6-7H,5,8H2,1-4H3,(H,14,15). The van der Waals surface area contributed by atoms with Gasteiger partial charge in [-0.05, 0) is 37.5 Å². The summed E-state index contributed by atoms with van der Waals surface area (Å²) in [6, 6.07) is 4.00. The molecule has 1 aromatic rings. The fourth-order valence-corrected chi connectivity index (χ4v) is 1.82. The molecule has 1 rings (SSSR count). The van der Waals surface area contributed by atoms with Gasteiger partial charge in [0.2, 0.25) is 0 Å². The molecule has 0 spiro atoms. The van der Waals surface area contributed by atoms with Crippen molar-refractivity contribution in [3.8, 4) is 5.75 Å². The Labute approximate surface area is 102 Å². The van der Waals surface area contributed by atoms with Crippen LogP contribution in [0.2, 0.25) is 0 Å². The van der Waals surface area contributed by atoms with Gasteiger partial charge >= 0.3 is 6.09 Å². The highest BCUT2D eigenvalue weighted by atomic mass is 16.5. The molecule has 17 heavy (non-hydrogen) atoms. The fraction of sp³-hybridized carbons (Fsp3) is 0.462. The van der Waals surface area contributed by atoms with Crippen molar-refractivity contribution < 1.29 is 14.3 Å². The zero-order valence-corrected chi connectivity index (χ0v) is 10.8. The molecule has 0 aliphatic heterocycles. The first-order valence-corrected chi connectivity index (χ1v) is 5.63. The molecule has 0 fully saturated rings. The van der Waals surface area contributed by atoms with Crippen molar-refractivity contribution in [2.24, 2.45) is 0 Å². The topological polar surface area (TPSA) is 47.6 Å². The molecule has 0 atom stereocenters. The predicted molar refractivity (Wildman–Crippen MR) is 66.3 cm³/mol. The van der Waals surface area contributed by atoms with Gasteiger partial charge in [-0.2, -0.15) is 0 Å². The van der Waals surface area contributed by atoms with Crippen LogP contribution in [0, 0.1) is 13.8 Å². The minimum Gasteiger partial charge on any atom is -0.496 e. The zero-order chi connectivity index (χ0) is 12.8. The Balaban J connectivity index is 2.70. The van der Waals surface area contributed by atoms with Crippen LogP contribution in [0.5, 0.6) is 5.75 Å². The Kier molecular flexibility index (Phi) is 4.82. The largest absolute Gasteiger partial charge is 0.496 e. The van der Waals surface area contributed by atoms with Gasteiger partial charge in [0.1, 0.15) is 5.75 Å². The Bertz CT molecular complexity index is 379. The number of alkyl carbamates (subject to hydrolysis) is 1. The van der Waals surface area contributed by atoms with Gasteiger partial charge in [0.25, 0.3) is 0 Å². The number of benzene rings is 1. The summed E-state index contributed by atoms with van der Waals surface area (Å²) in [5.41, 5.74) is 3.16. The number of rotatable bonds is 4. The Hall–Kier alpha value is -1.71. The number of aryl methyl sites for hydroxylation is 2. The van der Waals surface area contributed by atoms with Gasteiger partial charge in [0.05, 0.1) is 13.7 Å². The second kappa shape index (κ2) is 6.13. The third-order valence-corrected chi connectivity index (χ3v) is 2.44. The van der Waals surface area contributed by atoms with Crippen molar-refractivity contribution in [1.29, 1.82) is 0 Å². The molecule has 0 aliphatic rings. The molecule has 0 saturated heterocycles. The van der Waals surface area contributed by atoms with Crippen molar-refractivity contribution in [3.63, 3.8) is 0 Å². The Morgan fingerprint density at radius 3 is 2.35 bits per heavy atom. The van der Waals surface area contributed by atoms with E-state index >= 15 is 0 Å². The zero-order valence-electron chi connectivity index (χ0n) is 10.8. The van der Waals surface area contributed by atoms with E-state index in [0.29, 0.717) is 13.2 Å². The molecule has 1 aromatic carbocycles. The highest BCUT2D eigenvalue weighted by Gasteiger charge is 2.06. The summed E-state index contributed by atoms with van der Waals surface area (Å²) in [5, 5.41) is 2.69.